The lowest BCUT2D eigenvalue weighted by Crippen LogP contribution is -2.30. The van der Waals surface area contributed by atoms with E-state index in [0.717, 1.165) is 4.90 Å². The van der Waals surface area contributed by atoms with Crippen LogP contribution >= 0.6 is 11.8 Å². The summed E-state index contributed by atoms with van der Waals surface area (Å²) in [6.07, 6.45) is 0. The first-order chi connectivity index (χ1) is 12.5. The van der Waals surface area contributed by atoms with Crippen molar-refractivity contribution >= 4 is 35.2 Å². The second-order valence-corrected chi connectivity index (χ2v) is 6.53. The molecular formula is C19H20N2O4S. The minimum absolute atomic E-state index is 0.126. The molecule has 0 aliphatic heterocycles. The van der Waals surface area contributed by atoms with Crippen LogP contribution in [0.1, 0.15) is 15.9 Å². The number of aryl methyl sites for hydroxylation is 1. The van der Waals surface area contributed by atoms with Gasteiger partial charge in [0.1, 0.15) is 6.54 Å². The molecule has 0 fully saturated rings. The molecule has 0 radical (unpaired) electrons. The molecule has 2 N–H and O–H groups in total. The molecule has 0 aliphatic carbocycles. The third kappa shape index (κ3) is 6.25. The van der Waals surface area contributed by atoms with Crippen LogP contribution in [0.4, 0.5) is 5.69 Å². The SMILES string of the molecule is COC(=O)CNC(=O)c1ccc(NC(=O)CSc2ccc(C)cc2)cc1. The van der Waals surface area contributed by atoms with Gasteiger partial charge in [-0.3, -0.25) is 14.4 Å². The molecule has 0 aliphatic rings. The van der Waals surface area contributed by atoms with E-state index in [1.165, 1.54) is 24.4 Å². The van der Waals surface area contributed by atoms with Crippen molar-refractivity contribution in [2.75, 3.05) is 24.7 Å². The van der Waals surface area contributed by atoms with E-state index in [0.29, 0.717) is 17.0 Å². The van der Waals surface area contributed by atoms with Crippen molar-refractivity contribution in [1.29, 1.82) is 0 Å². The molecule has 0 unspecified atom stereocenters. The van der Waals surface area contributed by atoms with Crippen molar-refractivity contribution in [3.8, 4) is 0 Å². The molecule has 0 aromatic heterocycles. The third-order valence-electron chi connectivity index (χ3n) is 3.44. The van der Waals surface area contributed by atoms with Gasteiger partial charge in [-0.2, -0.15) is 0 Å². The number of amides is 2. The molecule has 0 bridgehead atoms. The fourth-order valence-electron chi connectivity index (χ4n) is 2.01. The van der Waals surface area contributed by atoms with E-state index >= 15 is 0 Å². The summed E-state index contributed by atoms with van der Waals surface area (Å²) in [6, 6.07) is 14.4. The highest BCUT2D eigenvalue weighted by Gasteiger charge is 2.09. The lowest BCUT2D eigenvalue weighted by molar-refractivity contribution is -0.139. The van der Waals surface area contributed by atoms with Crippen LogP contribution in [-0.4, -0.2) is 37.2 Å². The first kappa shape index (κ1) is 19.5. The Hall–Kier alpha value is -2.80. The highest BCUT2D eigenvalue weighted by Crippen LogP contribution is 2.18. The third-order valence-corrected chi connectivity index (χ3v) is 4.45. The predicted octanol–water partition coefficient (Wildman–Crippen LogP) is 2.63. The van der Waals surface area contributed by atoms with E-state index in [1.807, 2.05) is 31.2 Å². The number of rotatable bonds is 7. The molecule has 7 heteroatoms. The van der Waals surface area contributed by atoms with Crippen LogP contribution in [0.5, 0.6) is 0 Å². The number of thioether (sulfide) groups is 1. The number of hydrogen-bond acceptors (Lipinski definition) is 5. The first-order valence-corrected chi connectivity index (χ1v) is 8.91. The summed E-state index contributed by atoms with van der Waals surface area (Å²) in [5.41, 5.74) is 2.17. The van der Waals surface area contributed by atoms with E-state index < -0.39 is 5.97 Å². The van der Waals surface area contributed by atoms with Crippen LogP contribution in [0.25, 0.3) is 0 Å². The number of carbonyl (C=O) groups excluding carboxylic acids is 3. The summed E-state index contributed by atoms with van der Waals surface area (Å²) in [6.45, 7) is 1.82. The highest BCUT2D eigenvalue weighted by molar-refractivity contribution is 8.00. The molecule has 2 rings (SSSR count). The molecular weight excluding hydrogens is 352 g/mol. The second kappa shape index (κ2) is 9.62. The van der Waals surface area contributed by atoms with Gasteiger partial charge in [-0.1, -0.05) is 17.7 Å². The molecule has 2 amide bonds. The standard InChI is InChI=1S/C19H20N2O4S/c1-13-3-9-16(10-4-13)26-12-17(22)21-15-7-5-14(6-8-15)19(24)20-11-18(23)25-2/h3-10H,11-12H2,1-2H3,(H,20,24)(H,21,22). The van der Waals surface area contributed by atoms with Crippen molar-refractivity contribution < 1.29 is 19.1 Å². The Morgan fingerprint density at radius 2 is 1.65 bits per heavy atom. The smallest absolute Gasteiger partial charge is 0.325 e. The molecule has 6 nitrogen and oxygen atoms in total. The number of methoxy groups -OCH3 is 1. The molecule has 0 saturated carbocycles. The van der Waals surface area contributed by atoms with Crippen molar-refractivity contribution in [2.24, 2.45) is 0 Å². The maximum Gasteiger partial charge on any atom is 0.325 e. The number of ether oxygens (including phenoxy) is 1. The fraction of sp³-hybridized carbons (Fsp3) is 0.211. The van der Waals surface area contributed by atoms with Gasteiger partial charge >= 0.3 is 5.97 Å². The zero-order chi connectivity index (χ0) is 18.9. The van der Waals surface area contributed by atoms with Crippen LogP contribution in [0, 0.1) is 6.92 Å². The van der Waals surface area contributed by atoms with Gasteiger partial charge in [0.05, 0.1) is 12.9 Å². The highest BCUT2D eigenvalue weighted by atomic mass is 32.2. The van der Waals surface area contributed by atoms with Gasteiger partial charge in [-0.25, -0.2) is 0 Å². The minimum Gasteiger partial charge on any atom is -0.468 e. The number of carbonyl (C=O) groups is 3. The van der Waals surface area contributed by atoms with Gasteiger partial charge in [0.2, 0.25) is 5.91 Å². The van der Waals surface area contributed by atoms with Crippen LogP contribution in [-0.2, 0) is 14.3 Å². The van der Waals surface area contributed by atoms with Crippen molar-refractivity contribution in [3.63, 3.8) is 0 Å². The lowest BCUT2D eigenvalue weighted by atomic mass is 10.2. The van der Waals surface area contributed by atoms with E-state index in [1.54, 1.807) is 24.3 Å². The van der Waals surface area contributed by atoms with Crippen LogP contribution in [0.3, 0.4) is 0 Å². The summed E-state index contributed by atoms with van der Waals surface area (Å²) in [5.74, 6) is -0.736. The van der Waals surface area contributed by atoms with Gasteiger partial charge in [-0.05, 0) is 43.3 Å². The summed E-state index contributed by atoms with van der Waals surface area (Å²) < 4.78 is 4.46. The number of anilines is 1. The molecule has 0 spiro atoms. The summed E-state index contributed by atoms with van der Waals surface area (Å²) >= 11 is 1.46. The first-order valence-electron chi connectivity index (χ1n) is 7.92. The zero-order valence-corrected chi connectivity index (χ0v) is 15.4. The lowest BCUT2D eigenvalue weighted by Gasteiger charge is -2.07. The fourth-order valence-corrected chi connectivity index (χ4v) is 2.71. The van der Waals surface area contributed by atoms with Crippen LogP contribution in [0.2, 0.25) is 0 Å². The predicted molar refractivity (Wildman–Crippen MR) is 101 cm³/mol. The van der Waals surface area contributed by atoms with Crippen molar-refractivity contribution in [1.82, 2.24) is 5.32 Å². The average Bonchev–Trinajstić information content (AvgIpc) is 2.66. The zero-order valence-electron chi connectivity index (χ0n) is 14.6. The largest absolute Gasteiger partial charge is 0.468 e. The van der Waals surface area contributed by atoms with Crippen molar-refractivity contribution in [3.05, 3.63) is 59.7 Å². The Morgan fingerprint density at radius 3 is 2.27 bits per heavy atom. The Kier molecular flexibility index (Phi) is 7.23. The van der Waals surface area contributed by atoms with Gasteiger partial charge in [0.25, 0.3) is 5.91 Å². The molecule has 2 aromatic carbocycles. The van der Waals surface area contributed by atoms with E-state index in [4.69, 9.17) is 0 Å². The topological polar surface area (TPSA) is 84.5 Å². The van der Waals surface area contributed by atoms with Crippen LogP contribution < -0.4 is 10.6 Å². The number of benzene rings is 2. The van der Waals surface area contributed by atoms with Gasteiger partial charge in [0, 0.05) is 16.1 Å². The second-order valence-electron chi connectivity index (χ2n) is 5.49. The normalized spacial score (nSPS) is 10.1. The summed E-state index contributed by atoms with van der Waals surface area (Å²) in [4.78, 5) is 35.9. The number of hydrogen-bond donors (Lipinski definition) is 2. The summed E-state index contributed by atoms with van der Waals surface area (Å²) in [5, 5.41) is 5.23. The van der Waals surface area contributed by atoms with E-state index in [-0.39, 0.29) is 18.4 Å². The van der Waals surface area contributed by atoms with E-state index in [9.17, 15) is 14.4 Å². The Balaban J connectivity index is 1.82. The Labute approximate surface area is 156 Å². The molecule has 2 aromatic rings. The Morgan fingerprint density at radius 1 is 1.00 bits per heavy atom. The van der Waals surface area contributed by atoms with Gasteiger partial charge in [-0.15, -0.1) is 11.8 Å². The molecule has 136 valence electrons. The Bertz CT molecular complexity index is 773. The summed E-state index contributed by atoms with van der Waals surface area (Å²) in [7, 11) is 1.25. The van der Waals surface area contributed by atoms with Gasteiger partial charge < -0.3 is 15.4 Å². The minimum atomic E-state index is -0.520. The molecule has 26 heavy (non-hydrogen) atoms. The monoisotopic (exact) mass is 372 g/mol. The van der Waals surface area contributed by atoms with Gasteiger partial charge in [0.15, 0.2) is 0 Å². The number of esters is 1. The molecule has 0 atom stereocenters. The molecule has 0 heterocycles. The maximum absolute atomic E-state index is 12.0. The van der Waals surface area contributed by atoms with E-state index in [2.05, 4.69) is 15.4 Å². The maximum atomic E-state index is 12.0. The van der Waals surface area contributed by atoms with Crippen molar-refractivity contribution in [2.45, 2.75) is 11.8 Å². The van der Waals surface area contributed by atoms with Crippen LogP contribution in [0.15, 0.2) is 53.4 Å². The quantitative estimate of drug-likeness (QED) is 0.577. The average molecular weight is 372 g/mol. The molecule has 0 saturated heterocycles. The number of nitrogens with one attached hydrogen (secondary N) is 2.